The highest BCUT2D eigenvalue weighted by molar-refractivity contribution is 6.10. The summed E-state index contributed by atoms with van der Waals surface area (Å²) in [4.78, 5) is 12.4. The molecule has 0 aromatic heterocycles. The number of nitrogens with one attached hydrogen (secondary N) is 1. The third-order valence-corrected chi connectivity index (χ3v) is 3.52. The topological polar surface area (TPSA) is 95.1 Å². The van der Waals surface area contributed by atoms with E-state index in [0.29, 0.717) is 28.3 Å². The molecule has 0 fully saturated rings. The number of anilines is 1. The van der Waals surface area contributed by atoms with Crippen LogP contribution in [0.2, 0.25) is 0 Å². The summed E-state index contributed by atoms with van der Waals surface area (Å²) in [6.07, 6.45) is 1.44. The molecule has 2 rings (SSSR count). The summed E-state index contributed by atoms with van der Waals surface area (Å²) in [5.74, 6) is 0.488. The van der Waals surface area contributed by atoms with Crippen molar-refractivity contribution < 1.29 is 14.3 Å². The van der Waals surface area contributed by atoms with Crippen molar-refractivity contribution in [3.63, 3.8) is 0 Å². The third kappa shape index (κ3) is 5.10. The molecule has 0 saturated carbocycles. The average molecular weight is 361 g/mol. The maximum atomic E-state index is 12.4. The van der Waals surface area contributed by atoms with Crippen molar-refractivity contribution in [2.24, 2.45) is 0 Å². The van der Waals surface area contributed by atoms with E-state index in [9.17, 15) is 10.1 Å². The van der Waals surface area contributed by atoms with Crippen LogP contribution in [0.1, 0.15) is 25.0 Å². The Morgan fingerprint density at radius 3 is 2.52 bits per heavy atom. The van der Waals surface area contributed by atoms with Gasteiger partial charge in [-0.25, -0.2) is 0 Å². The lowest BCUT2D eigenvalue weighted by Gasteiger charge is -2.14. The van der Waals surface area contributed by atoms with Crippen molar-refractivity contribution in [3.8, 4) is 23.6 Å². The number of para-hydroxylation sites is 1. The minimum Gasteiger partial charge on any atom is -0.493 e. The van der Waals surface area contributed by atoms with Gasteiger partial charge >= 0.3 is 0 Å². The number of carbonyl (C=O) groups excluding carboxylic acids is 1. The van der Waals surface area contributed by atoms with Gasteiger partial charge in [-0.1, -0.05) is 18.2 Å². The van der Waals surface area contributed by atoms with Crippen LogP contribution < -0.4 is 14.8 Å². The van der Waals surface area contributed by atoms with Gasteiger partial charge in [-0.2, -0.15) is 10.5 Å². The van der Waals surface area contributed by atoms with E-state index in [2.05, 4.69) is 5.32 Å². The molecule has 0 bridgehead atoms. The molecule has 2 aromatic rings. The predicted molar refractivity (Wildman–Crippen MR) is 102 cm³/mol. The van der Waals surface area contributed by atoms with Crippen LogP contribution in [-0.2, 0) is 4.79 Å². The number of hydrogen-bond donors (Lipinski definition) is 1. The maximum absolute atomic E-state index is 12.4. The summed E-state index contributed by atoms with van der Waals surface area (Å²) in [7, 11) is 1.52. The third-order valence-electron chi connectivity index (χ3n) is 3.52. The first-order valence-electron chi connectivity index (χ1n) is 8.25. The quantitative estimate of drug-likeness (QED) is 0.622. The van der Waals surface area contributed by atoms with Crippen molar-refractivity contribution in [1.82, 2.24) is 0 Å². The van der Waals surface area contributed by atoms with E-state index < -0.39 is 5.91 Å². The fourth-order valence-corrected chi connectivity index (χ4v) is 2.32. The minimum absolute atomic E-state index is 0.0130. The molecule has 0 radical (unpaired) electrons. The van der Waals surface area contributed by atoms with Crippen LogP contribution in [0.5, 0.6) is 11.5 Å². The fraction of sp³-hybridized carbons (Fsp3) is 0.190. The first-order valence-corrected chi connectivity index (χ1v) is 8.25. The van der Waals surface area contributed by atoms with E-state index in [0.717, 1.165) is 0 Å². The van der Waals surface area contributed by atoms with Crippen molar-refractivity contribution in [2.75, 3.05) is 12.4 Å². The second-order valence-corrected chi connectivity index (χ2v) is 5.86. The molecule has 0 aliphatic carbocycles. The molecule has 0 unspecified atom stereocenters. The molecular weight excluding hydrogens is 342 g/mol. The molecule has 136 valence electrons. The maximum Gasteiger partial charge on any atom is 0.266 e. The zero-order chi connectivity index (χ0) is 19.8. The molecule has 6 heteroatoms. The van der Waals surface area contributed by atoms with Crippen LogP contribution in [0.25, 0.3) is 6.08 Å². The Balaban J connectivity index is 2.29. The van der Waals surface area contributed by atoms with E-state index in [1.54, 1.807) is 42.5 Å². The smallest absolute Gasteiger partial charge is 0.266 e. The van der Waals surface area contributed by atoms with E-state index in [-0.39, 0.29) is 11.7 Å². The Morgan fingerprint density at radius 1 is 1.15 bits per heavy atom. The highest BCUT2D eigenvalue weighted by Crippen LogP contribution is 2.30. The minimum atomic E-state index is -0.596. The normalized spacial score (nSPS) is 10.7. The number of benzene rings is 2. The first-order chi connectivity index (χ1) is 13.0. The molecular formula is C21H19N3O3. The molecule has 0 aliphatic heterocycles. The highest BCUT2D eigenvalue weighted by Gasteiger charge is 2.13. The van der Waals surface area contributed by atoms with Gasteiger partial charge in [0.05, 0.1) is 24.5 Å². The summed E-state index contributed by atoms with van der Waals surface area (Å²) in [6, 6.07) is 15.6. The Bertz CT molecular complexity index is 950. The zero-order valence-electron chi connectivity index (χ0n) is 15.3. The number of ether oxygens (including phenoxy) is 2. The number of nitriles is 2. The van der Waals surface area contributed by atoms with Crippen molar-refractivity contribution >= 4 is 17.7 Å². The predicted octanol–water partition coefficient (Wildman–Crippen LogP) is 3.90. The average Bonchev–Trinajstić information content (AvgIpc) is 2.66. The molecule has 2 aromatic carbocycles. The zero-order valence-corrected chi connectivity index (χ0v) is 15.3. The molecule has 0 heterocycles. The van der Waals surface area contributed by atoms with Crippen LogP contribution >= 0.6 is 0 Å². The van der Waals surface area contributed by atoms with Gasteiger partial charge in [0.15, 0.2) is 11.5 Å². The van der Waals surface area contributed by atoms with Crippen molar-refractivity contribution in [3.05, 3.63) is 59.2 Å². The van der Waals surface area contributed by atoms with Crippen LogP contribution in [0, 0.1) is 22.7 Å². The summed E-state index contributed by atoms with van der Waals surface area (Å²) in [6.45, 7) is 3.81. The Kier molecular flexibility index (Phi) is 6.57. The number of methoxy groups -OCH3 is 1. The Labute approximate surface area is 158 Å². The van der Waals surface area contributed by atoms with E-state index in [4.69, 9.17) is 14.7 Å². The monoisotopic (exact) mass is 361 g/mol. The highest BCUT2D eigenvalue weighted by atomic mass is 16.5. The molecule has 27 heavy (non-hydrogen) atoms. The number of nitrogens with zero attached hydrogens (tertiary/aromatic N) is 2. The van der Waals surface area contributed by atoms with Crippen LogP contribution in [-0.4, -0.2) is 19.1 Å². The van der Waals surface area contributed by atoms with Gasteiger partial charge in [-0.15, -0.1) is 0 Å². The Hall–Kier alpha value is -3.77. The van der Waals surface area contributed by atoms with Gasteiger partial charge in [0.2, 0.25) is 0 Å². The van der Waals surface area contributed by atoms with Gasteiger partial charge in [0, 0.05) is 0 Å². The van der Waals surface area contributed by atoms with Gasteiger partial charge < -0.3 is 14.8 Å². The molecule has 0 saturated heterocycles. The summed E-state index contributed by atoms with van der Waals surface area (Å²) in [5.41, 5.74) is 1.19. The molecule has 1 N–H and O–H groups in total. The second-order valence-electron chi connectivity index (χ2n) is 5.86. The Morgan fingerprint density at radius 2 is 1.89 bits per heavy atom. The summed E-state index contributed by atoms with van der Waals surface area (Å²) >= 11 is 0. The number of hydrogen-bond acceptors (Lipinski definition) is 5. The van der Waals surface area contributed by atoms with Crippen LogP contribution in [0.4, 0.5) is 5.69 Å². The number of amides is 1. The summed E-state index contributed by atoms with van der Waals surface area (Å²) in [5, 5.41) is 21.1. The van der Waals surface area contributed by atoms with Crippen LogP contribution in [0.15, 0.2) is 48.0 Å². The van der Waals surface area contributed by atoms with Gasteiger partial charge in [0.25, 0.3) is 5.91 Å². The summed E-state index contributed by atoms with van der Waals surface area (Å²) < 4.78 is 11.0. The molecule has 0 aliphatic rings. The lowest BCUT2D eigenvalue weighted by atomic mass is 10.1. The SMILES string of the molecule is COc1cc(C=C(C#N)C(=O)Nc2ccccc2C#N)ccc1OC(C)C. The largest absolute Gasteiger partial charge is 0.493 e. The van der Waals surface area contributed by atoms with Gasteiger partial charge in [-0.3, -0.25) is 4.79 Å². The van der Waals surface area contributed by atoms with E-state index in [1.165, 1.54) is 13.2 Å². The lowest BCUT2D eigenvalue weighted by molar-refractivity contribution is -0.112. The first kappa shape index (κ1) is 19.6. The van der Waals surface area contributed by atoms with Crippen molar-refractivity contribution in [1.29, 1.82) is 10.5 Å². The number of rotatable bonds is 6. The van der Waals surface area contributed by atoms with Crippen LogP contribution in [0.3, 0.4) is 0 Å². The van der Waals surface area contributed by atoms with Crippen molar-refractivity contribution in [2.45, 2.75) is 20.0 Å². The van der Waals surface area contributed by atoms with Gasteiger partial charge in [-0.05, 0) is 49.8 Å². The second kappa shape index (κ2) is 9.07. The molecule has 0 atom stereocenters. The van der Waals surface area contributed by atoms with E-state index >= 15 is 0 Å². The van der Waals surface area contributed by atoms with E-state index in [1.807, 2.05) is 26.0 Å². The molecule has 6 nitrogen and oxygen atoms in total. The molecule has 0 spiro atoms. The fourth-order valence-electron chi connectivity index (χ4n) is 2.32. The molecule has 1 amide bonds. The number of carbonyl (C=O) groups is 1. The standard InChI is InChI=1S/C21H19N3O3/c1-14(2)27-19-9-8-15(11-20(19)26-3)10-17(13-23)21(25)24-18-7-5-4-6-16(18)12-22/h4-11,14H,1-3H3,(H,24,25). The van der Waals surface area contributed by atoms with Gasteiger partial charge in [0.1, 0.15) is 17.7 Å². The lowest BCUT2D eigenvalue weighted by Crippen LogP contribution is -2.14.